The molecular weight excluding hydrogens is 304 g/mol. The smallest absolute Gasteiger partial charge is 0.251 e. The van der Waals surface area contributed by atoms with E-state index in [9.17, 15) is 9.59 Å². The van der Waals surface area contributed by atoms with Crippen LogP contribution in [0.5, 0.6) is 0 Å². The third-order valence-corrected chi connectivity index (χ3v) is 3.78. The molecule has 1 aromatic heterocycles. The fourth-order valence-electron chi connectivity index (χ4n) is 2.29. The molecule has 0 saturated heterocycles. The number of carbonyl (C=O) groups is 2. The second-order valence-electron chi connectivity index (χ2n) is 5.57. The van der Waals surface area contributed by atoms with Gasteiger partial charge in [0.05, 0.1) is 12.6 Å². The van der Waals surface area contributed by atoms with Crippen LogP contribution in [0.15, 0.2) is 42.7 Å². The van der Waals surface area contributed by atoms with Gasteiger partial charge in [0.25, 0.3) is 5.91 Å². The maximum Gasteiger partial charge on any atom is 0.251 e. The van der Waals surface area contributed by atoms with Crippen LogP contribution in [0.3, 0.4) is 0 Å². The van der Waals surface area contributed by atoms with Crippen molar-refractivity contribution < 1.29 is 9.59 Å². The second kappa shape index (κ2) is 8.10. The van der Waals surface area contributed by atoms with E-state index in [1.54, 1.807) is 30.6 Å². The second-order valence-corrected chi connectivity index (χ2v) is 5.57. The number of nitrogens with two attached hydrogens (primary N) is 1. The largest absolute Gasteiger partial charge is 0.398 e. The number of nitrogens with one attached hydrogen (secondary N) is 2. The Morgan fingerprint density at radius 1 is 1.29 bits per heavy atom. The Morgan fingerprint density at radius 3 is 2.71 bits per heavy atom. The normalized spacial score (nSPS) is 11.6. The van der Waals surface area contributed by atoms with Crippen LogP contribution in [-0.4, -0.2) is 23.3 Å². The Hall–Kier alpha value is -2.89. The topological polar surface area (TPSA) is 97.1 Å². The van der Waals surface area contributed by atoms with Crippen LogP contribution in [-0.2, 0) is 4.79 Å². The molecule has 6 heteroatoms. The minimum Gasteiger partial charge on any atom is -0.398 e. The molecule has 1 atom stereocenters. The Labute approximate surface area is 141 Å². The number of nitrogen functional groups attached to an aromatic ring is 1. The number of nitrogens with zero attached hydrogens (tertiary/aromatic N) is 1. The van der Waals surface area contributed by atoms with Gasteiger partial charge < -0.3 is 16.4 Å². The van der Waals surface area contributed by atoms with E-state index in [4.69, 9.17) is 5.73 Å². The number of hydrogen-bond acceptors (Lipinski definition) is 4. The number of benzene rings is 1. The van der Waals surface area contributed by atoms with Crippen LogP contribution >= 0.6 is 0 Å². The van der Waals surface area contributed by atoms with Crippen molar-refractivity contribution in [3.8, 4) is 0 Å². The predicted molar refractivity (Wildman–Crippen MR) is 93.3 cm³/mol. The van der Waals surface area contributed by atoms with E-state index in [-0.39, 0.29) is 24.4 Å². The number of aromatic nitrogens is 1. The molecule has 0 aliphatic rings. The van der Waals surface area contributed by atoms with Crippen molar-refractivity contribution in [2.24, 2.45) is 0 Å². The first kappa shape index (κ1) is 17.5. The molecule has 2 amide bonds. The van der Waals surface area contributed by atoms with E-state index >= 15 is 0 Å². The molecule has 0 spiro atoms. The van der Waals surface area contributed by atoms with Gasteiger partial charge in [-0.1, -0.05) is 19.1 Å². The first-order chi connectivity index (χ1) is 11.5. The van der Waals surface area contributed by atoms with Gasteiger partial charge in [-0.3, -0.25) is 14.6 Å². The van der Waals surface area contributed by atoms with E-state index in [1.807, 2.05) is 26.0 Å². The predicted octanol–water partition coefficient (Wildman–Crippen LogP) is 1.97. The highest BCUT2D eigenvalue weighted by molar-refractivity contribution is 5.97. The Morgan fingerprint density at radius 2 is 2.08 bits per heavy atom. The number of hydrogen-bond donors (Lipinski definition) is 3. The van der Waals surface area contributed by atoms with E-state index in [0.29, 0.717) is 11.3 Å². The van der Waals surface area contributed by atoms with E-state index in [1.165, 1.54) is 0 Å². The zero-order valence-corrected chi connectivity index (χ0v) is 13.9. The molecule has 24 heavy (non-hydrogen) atoms. The van der Waals surface area contributed by atoms with Crippen molar-refractivity contribution in [1.82, 2.24) is 15.6 Å². The van der Waals surface area contributed by atoms with E-state index in [0.717, 1.165) is 17.5 Å². The van der Waals surface area contributed by atoms with Crippen LogP contribution in [0.25, 0.3) is 0 Å². The third kappa shape index (κ3) is 4.55. The number of carbonyl (C=O) groups excluding carboxylic acids is 2. The maximum absolute atomic E-state index is 12.1. The monoisotopic (exact) mass is 326 g/mol. The van der Waals surface area contributed by atoms with Crippen LogP contribution in [0, 0.1) is 6.92 Å². The summed E-state index contributed by atoms with van der Waals surface area (Å²) in [5.41, 5.74) is 8.63. The number of anilines is 1. The third-order valence-electron chi connectivity index (χ3n) is 3.78. The minimum atomic E-state index is -0.328. The van der Waals surface area contributed by atoms with E-state index < -0.39 is 0 Å². The highest BCUT2D eigenvalue weighted by Gasteiger charge is 2.14. The molecule has 6 nitrogen and oxygen atoms in total. The fourth-order valence-corrected chi connectivity index (χ4v) is 2.29. The molecule has 0 aliphatic heterocycles. The minimum absolute atomic E-state index is 0.0939. The van der Waals surface area contributed by atoms with Crippen LogP contribution in [0.2, 0.25) is 0 Å². The van der Waals surface area contributed by atoms with Crippen LogP contribution < -0.4 is 16.4 Å². The highest BCUT2D eigenvalue weighted by Crippen LogP contribution is 2.15. The molecule has 0 radical (unpaired) electrons. The summed E-state index contributed by atoms with van der Waals surface area (Å²) >= 11 is 0. The molecular formula is C18H22N4O2. The molecule has 126 valence electrons. The standard InChI is InChI=1S/C18H22N4O2/c1-3-16(14-5-4-8-20-10-14)22-17(23)11-21-18(24)13-7-6-12(2)15(19)9-13/h4-10,16H,3,11,19H2,1-2H3,(H,21,24)(H,22,23). The summed E-state index contributed by atoms with van der Waals surface area (Å²) in [5, 5.41) is 5.50. The van der Waals surface area contributed by atoms with Gasteiger partial charge in [0.15, 0.2) is 0 Å². The molecule has 1 heterocycles. The van der Waals surface area contributed by atoms with Gasteiger partial charge in [-0.2, -0.15) is 0 Å². The van der Waals surface area contributed by atoms with Gasteiger partial charge in [0.1, 0.15) is 0 Å². The maximum atomic E-state index is 12.1. The average Bonchev–Trinajstić information content (AvgIpc) is 2.60. The van der Waals surface area contributed by atoms with Crippen LogP contribution in [0.4, 0.5) is 5.69 Å². The fraction of sp³-hybridized carbons (Fsp3) is 0.278. The zero-order valence-electron chi connectivity index (χ0n) is 13.9. The molecule has 1 aromatic carbocycles. The summed E-state index contributed by atoms with van der Waals surface area (Å²) in [4.78, 5) is 28.2. The summed E-state index contributed by atoms with van der Waals surface area (Å²) in [5.74, 6) is -0.578. The van der Waals surface area contributed by atoms with Crippen molar-refractivity contribution >= 4 is 17.5 Å². The van der Waals surface area contributed by atoms with E-state index in [2.05, 4.69) is 15.6 Å². The van der Waals surface area contributed by atoms with Crippen molar-refractivity contribution in [3.63, 3.8) is 0 Å². The lowest BCUT2D eigenvalue weighted by Gasteiger charge is -2.17. The van der Waals surface area contributed by atoms with Gasteiger partial charge >= 0.3 is 0 Å². The first-order valence-corrected chi connectivity index (χ1v) is 7.85. The van der Waals surface area contributed by atoms with Crippen molar-refractivity contribution in [3.05, 3.63) is 59.4 Å². The molecule has 2 aromatic rings. The van der Waals surface area contributed by atoms with Gasteiger partial charge in [-0.15, -0.1) is 0 Å². The van der Waals surface area contributed by atoms with Gasteiger partial charge in [0, 0.05) is 23.6 Å². The lowest BCUT2D eigenvalue weighted by atomic mass is 10.1. The summed E-state index contributed by atoms with van der Waals surface area (Å²) < 4.78 is 0. The molecule has 1 unspecified atom stereocenters. The van der Waals surface area contributed by atoms with Crippen molar-refractivity contribution in [1.29, 1.82) is 0 Å². The molecule has 0 bridgehead atoms. The number of rotatable bonds is 6. The Bertz CT molecular complexity index is 716. The molecule has 0 saturated carbocycles. The summed E-state index contributed by atoms with van der Waals surface area (Å²) in [7, 11) is 0. The summed E-state index contributed by atoms with van der Waals surface area (Å²) in [6.07, 6.45) is 4.15. The van der Waals surface area contributed by atoms with Crippen molar-refractivity contribution in [2.75, 3.05) is 12.3 Å². The highest BCUT2D eigenvalue weighted by atomic mass is 16.2. The van der Waals surface area contributed by atoms with Gasteiger partial charge in [-0.05, 0) is 42.7 Å². The van der Waals surface area contributed by atoms with Crippen LogP contribution in [0.1, 0.15) is 40.9 Å². The molecule has 0 aliphatic carbocycles. The Balaban J connectivity index is 1.90. The molecule has 4 N–H and O–H groups in total. The van der Waals surface area contributed by atoms with Gasteiger partial charge in [-0.25, -0.2) is 0 Å². The lowest BCUT2D eigenvalue weighted by molar-refractivity contribution is -0.120. The Kier molecular flexibility index (Phi) is 5.89. The van der Waals surface area contributed by atoms with Crippen molar-refractivity contribution in [2.45, 2.75) is 26.3 Å². The molecule has 2 rings (SSSR count). The van der Waals surface area contributed by atoms with Gasteiger partial charge in [0.2, 0.25) is 5.91 Å². The SMILES string of the molecule is CCC(NC(=O)CNC(=O)c1ccc(C)c(N)c1)c1cccnc1. The number of aryl methyl sites for hydroxylation is 1. The number of amides is 2. The zero-order chi connectivity index (χ0) is 17.5. The lowest BCUT2D eigenvalue weighted by Crippen LogP contribution is -2.38. The summed E-state index contributed by atoms with van der Waals surface area (Å²) in [6, 6.07) is 8.68. The average molecular weight is 326 g/mol. The quantitative estimate of drug-likeness (QED) is 0.707. The molecule has 0 fully saturated rings. The number of pyridine rings is 1. The summed E-state index contributed by atoms with van der Waals surface area (Å²) in [6.45, 7) is 3.75. The first-order valence-electron chi connectivity index (χ1n) is 7.85.